The lowest BCUT2D eigenvalue weighted by atomic mass is 9.85. The van der Waals surface area contributed by atoms with Crippen LogP contribution in [0.2, 0.25) is 0 Å². The van der Waals surface area contributed by atoms with Crippen molar-refractivity contribution in [2.75, 3.05) is 20.3 Å². The number of rotatable bonds is 2. The normalized spacial score (nSPS) is 17.4. The molecule has 0 radical (unpaired) electrons. The van der Waals surface area contributed by atoms with E-state index in [1.54, 1.807) is 4.52 Å². The molecule has 94 valence electrons. The topological polar surface area (TPSA) is 65.7 Å². The van der Waals surface area contributed by atoms with Crippen molar-refractivity contribution in [3.05, 3.63) is 29.7 Å². The summed E-state index contributed by atoms with van der Waals surface area (Å²) < 4.78 is 11.6. The van der Waals surface area contributed by atoms with Gasteiger partial charge in [-0.2, -0.15) is 0 Å². The molecule has 6 heteroatoms. The molecule has 1 fully saturated rings. The average Bonchev–Trinajstić information content (AvgIpc) is 2.70. The Morgan fingerprint density at radius 3 is 2.89 bits per heavy atom. The number of methoxy groups -OCH3 is 1. The Kier molecular flexibility index (Phi) is 2.34. The number of fused-ring (bicyclic) bond motifs is 1. The van der Waals surface area contributed by atoms with Gasteiger partial charge in [-0.05, 0) is 18.6 Å². The molecule has 0 amide bonds. The number of aryl methyl sites for hydroxylation is 1. The first-order chi connectivity index (χ1) is 8.65. The van der Waals surface area contributed by atoms with E-state index in [9.17, 15) is 4.79 Å². The molecule has 0 saturated carbocycles. The maximum absolute atomic E-state index is 11.9. The Hall–Kier alpha value is -1.95. The van der Waals surface area contributed by atoms with E-state index < -0.39 is 5.41 Å². The molecule has 1 saturated heterocycles. The predicted molar refractivity (Wildman–Crippen MR) is 62.2 cm³/mol. The first-order valence-electron chi connectivity index (χ1n) is 5.65. The highest BCUT2D eigenvalue weighted by Crippen LogP contribution is 2.31. The number of ether oxygens (including phenoxy) is 2. The van der Waals surface area contributed by atoms with E-state index in [0.29, 0.717) is 11.5 Å². The highest BCUT2D eigenvalue weighted by atomic mass is 16.5. The zero-order valence-corrected chi connectivity index (χ0v) is 10.2. The van der Waals surface area contributed by atoms with Gasteiger partial charge in [-0.15, -0.1) is 5.10 Å². The molecule has 0 aliphatic carbocycles. The molecule has 0 aromatic carbocycles. The van der Waals surface area contributed by atoms with Crippen LogP contribution in [0.5, 0.6) is 0 Å². The summed E-state index contributed by atoms with van der Waals surface area (Å²) in [7, 11) is 1.36. The summed E-state index contributed by atoms with van der Waals surface area (Å²) in [5.41, 5.74) is 0.955. The van der Waals surface area contributed by atoms with E-state index in [0.717, 1.165) is 5.56 Å². The third-order valence-electron chi connectivity index (χ3n) is 3.18. The second kappa shape index (κ2) is 3.78. The number of carbonyl (C=O) groups is 1. The van der Waals surface area contributed by atoms with Gasteiger partial charge in [0, 0.05) is 6.20 Å². The van der Waals surface area contributed by atoms with Crippen molar-refractivity contribution in [1.29, 1.82) is 0 Å². The Bertz CT molecular complexity index is 616. The fourth-order valence-corrected chi connectivity index (χ4v) is 2.03. The highest BCUT2D eigenvalue weighted by molar-refractivity contribution is 5.83. The molecular formula is C12H13N3O3. The minimum atomic E-state index is -0.839. The van der Waals surface area contributed by atoms with E-state index in [4.69, 9.17) is 9.47 Å². The van der Waals surface area contributed by atoms with Gasteiger partial charge in [0.15, 0.2) is 16.9 Å². The van der Waals surface area contributed by atoms with E-state index in [1.165, 1.54) is 7.11 Å². The molecule has 0 N–H and O–H groups in total. The number of carbonyl (C=O) groups excluding carboxylic acids is 1. The van der Waals surface area contributed by atoms with Gasteiger partial charge in [-0.25, -0.2) is 9.50 Å². The first kappa shape index (κ1) is 11.2. The minimum Gasteiger partial charge on any atom is -0.468 e. The van der Waals surface area contributed by atoms with E-state index in [1.807, 2.05) is 25.3 Å². The molecule has 1 aliphatic rings. The van der Waals surface area contributed by atoms with Crippen molar-refractivity contribution >= 4 is 11.6 Å². The molecule has 18 heavy (non-hydrogen) atoms. The highest BCUT2D eigenvalue weighted by Gasteiger charge is 2.52. The fraction of sp³-hybridized carbons (Fsp3) is 0.417. The predicted octanol–water partition coefficient (Wildman–Crippen LogP) is 0.479. The van der Waals surface area contributed by atoms with Gasteiger partial charge in [-0.3, -0.25) is 4.79 Å². The van der Waals surface area contributed by atoms with Crippen molar-refractivity contribution < 1.29 is 14.3 Å². The SMILES string of the molecule is COC(=O)C1(c2nc3ccc(C)cn3n2)COC1. The van der Waals surface area contributed by atoms with Crippen LogP contribution in [0.25, 0.3) is 5.65 Å². The second-order valence-electron chi connectivity index (χ2n) is 4.51. The zero-order chi connectivity index (χ0) is 12.8. The summed E-state index contributed by atoms with van der Waals surface area (Å²) in [6.07, 6.45) is 1.87. The molecule has 0 bridgehead atoms. The van der Waals surface area contributed by atoms with Crippen LogP contribution in [-0.4, -0.2) is 40.9 Å². The number of nitrogens with zero attached hydrogens (tertiary/aromatic N) is 3. The van der Waals surface area contributed by atoms with E-state index in [-0.39, 0.29) is 19.2 Å². The Balaban J connectivity index is 2.10. The number of hydrogen-bond acceptors (Lipinski definition) is 5. The summed E-state index contributed by atoms with van der Waals surface area (Å²) in [5.74, 6) is 0.118. The van der Waals surface area contributed by atoms with Gasteiger partial charge in [0.25, 0.3) is 0 Å². The van der Waals surface area contributed by atoms with Crippen LogP contribution in [0, 0.1) is 6.92 Å². The molecule has 0 atom stereocenters. The summed E-state index contributed by atoms with van der Waals surface area (Å²) in [4.78, 5) is 16.3. The second-order valence-corrected chi connectivity index (χ2v) is 4.51. The van der Waals surface area contributed by atoms with Crippen LogP contribution < -0.4 is 0 Å². The zero-order valence-electron chi connectivity index (χ0n) is 10.2. The summed E-state index contributed by atoms with van der Waals surface area (Å²) in [6, 6.07) is 3.83. The molecular weight excluding hydrogens is 234 g/mol. The first-order valence-corrected chi connectivity index (χ1v) is 5.65. The van der Waals surface area contributed by atoms with Gasteiger partial charge < -0.3 is 9.47 Å². The van der Waals surface area contributed by atoms with Crippen LogP contribution in [0.1, 0.15) is 11.4 Å². The van der Waals surface area contributed by atoms with Crippen molar-refractivity contribution in [3.8, 4) is 0 Å². The van der Waals surface area contributed by atoms with Crippen LogP contribution in [0.4, 0.5) is 0 Å². The largest absolute Gasteiger partial charge is 0.468 e. The van der Waals surface area contributed by atoms with Gasteiger partial charge in [0.1, 0.15) is 0 Å². The molecule has 6 nitrogen and oxygen atoms in total. The van der Waals surface area contributed by atoms with Gasteiger partial charge in [0.2, 0.25) is 0 Å². The standard InChI is InChI=1S/C12H13N3O3/c1-8-3-4-9-13-10(14-15(9)5-8)12(6-18-7-12)11(16)17-2/h3-5H,6-7H2,1-2H3. The smallest absolute Gasteiger partial charge is 0.324 e. The van der Waals surface area contributed by atoms with Crippen molar-refractivity contribution in [2.24, 2.45) is 0 Å². The Morgan fingerprint density at radius 2 is 2.28 bits per heavy atom. The van der Waals surface area contributed by atoms with E-state index in [2.05, 4.69) is 10.1 Å². The lowest BCUT2D eigenvalue weighted by Gasteiger charge is -2.35. The average molecular weight is 247 g/mol. The van der Waals surface area contributed by atoms with E-state index >= 15 is 0 Å². The lowest BCUT2D eigenvalue weighted by Crippen LogP contribution is -2.54. The summed E-state index contributed by atoms with van der Waals surface area (Å²) >= 11 is 0. The van der Waals surface area contributed by atoms with Crippen LogP contribution in [0.3, 0.4) is 0 Å². The molecule has 0 unspecified atom stereocenters. The van der Waals surface area contributed by atoms with Crippen LogP contribution in [0.15, 0.2) is 18.3 Å². The molecule has 3 heterocycles. The number of pyridine rings is 1. The number of hydrogen-bond donors (Lipinski definition) is 0. The van der Waals surface area contributed by atoms with Crippen LogP contribution in [-0.2, 0) is 19.7 Å². The monoisotopic (exact) mass is 247 g/mol. The maximum atomic E-state index is 11.9. The van der Waals surface area contributed by atoms with Crippen molar-refractivity contribution in [2.45, 2.75) is 12.3 Å². The third-order valence-corrected chi connectivity index (χ3v) is 3.18. The summed E-state index contributed by atoms with van der Waals surface area (Å²) in [6.45, 7) is 2.52. The van der Waals surface area contributed by atoms with Crippen molar-refractivity contribution in [3.63, 3.8) is 0 Å². The molecule has 1 aliphatic heterocycles. The molecule has 3 rings (SSSR count). The minimum absolute atomic E-state index is 0.273. The maximum Gasteiger partial charge on any atom is 0.324 e. The molecule has 2 aromatic rings. The fourth-order valence-electron chi connectivity index (χ4n) is 2.03. The Labute approximate surface area is 104 Å². The van der Waals surface area contributed by atoms with Gasteiger partial charge >= 0.3 is 5.97 Å². The van der Waals surface area contributed by atoms with Crippen molar-refractivity contribution in [1.82, 2.24) is 14.6 Å². The Morgan fingerprint density at radius 1 is 1.50 bits per heavy atom. The number of aromatic nitrogens is 3. The van der Waals surface area contributed by atoms with Gasteiger partial charge in [0.05, 0.1) is 20.3 Å². The summed E-state index contributed by atoms with van der Waals surface area (Å²) in [5, 5.41) is 4.36. The number of esters is 1. The quantitative estimate of drug-likeness (QED) is 0.722. The molecule has 0 spiro atoms. The van der Waals surface area contributed by atoms with Gasteiger partial charge in [-0.1, -0.05) is 6.07 Å². The lowest BCUT2D eigenvalue weighted by molar-refractivity contribution is -0.167. The van der Waals surface area contributed by atoms with Crippen LogP contribution >= 0.6 is 0 Å². The molecule has 2 aromatic heterocycles. The third kappa shape index (κ3) is 1.42.